The highest BCUT2D eigenvalue weighted by atomic mass is 16.5. The Kier molecular flexibility index (Phi) is 12.4. The lowest BCUT2D eigenvalue weighted by atomic mass is 10.1. The molecule has 0 aliphatic carbocycles. The third kappa shape index (κ3) is 11.7. The Bertz CT molecular complexity index is 155. The minimum Gasteiger partial charge on any atom is -0.384 e. The van der Waals surface area contributed by atoms with Crippen LogP contribution in [0.4, 0.5) is 0 Å². The van der Waals surface area contributed by atoms with Gasteiger partial charge in [0.1, 0.15) is 5.78 Å². The van der Waals surface area contributed by atoms with Crippen molar-refractivity contribution in [1.82, 2.24) is 0 Å². The van der Waals surface area contributed by atoms with E-state index in [9.17, 15) is 4.79 Å². The van der Waals surface area contributed by atoms with Crippen LogP contribution in [-0.4, -0.2) is 19.5 Å². The normalized spacial score (nSPS) is 10.6. The highest BCUT2D eigenvalue weighted by molar-refractivity contribution is 5.78. The maximum absolute atomic E-state index is 11.3. The number of unbranched alkanes of at least 4 members (excludes halogenated alkanes) is 7. The van der Waals surface area contributed by atoms with Crippen molar-refractivity contribution in [3.8, 4) is 0 Å². The maximum Gasteiger partial charge on any atom is 0.135 e. The number of carbonyl (C=O) groups excluding carboxylic acids is 1. The molecule has 0 aromatic carbocycles. The van der Waals surface area contributed by atoms with E-state index in [1.165, 1.54) is 44.9 Å². The van der Waals surface area contributed by atoms with Gasteiger partial charge >= 0.3 is 0 Å². The minimum atomic E-state index is 0.354. The van der Waals surface area contributed by atoms with E-state index in [2.05, 4.69) is 6.92 Å². The molecule has 0 heterocycles. The van der Waals surface area contributed by atoms with Crippen LogP contribution in [0.15, 0.2) is 0 Å². The van der Waals surface area contributed by atoms with Gasteiger partial charge in [-0.3, -0.25) is 4.79 Å². The van der Waals surface area contributed by atoms with Gasteiger partial charge in [-0.05, 0) is 6.42 Å². The first kappa shape index (κ1) is 15.6. The fourth-order valence-corrected chi connectivity index (χ4v) is 1.80. The van der Waals surface area contributed by atoms with Crippen molar-refractivity contribution in [3.63, 3.8) is 0 Å². The molecule has 0 atom stereocenters. The molecule has 0 aromatic heterocycles. The van der Waals surface area contributed by atoms with Gasteiger partial charge in [0.25, 0.3) is 0 Å². The molecule has 0 unspecified atom stereocenters. The molecule has 2 heteroatoms. The van der Waals surface area contributed by atoms with E-state index in [0.717, 1.165) is 12.8 Å². The van der Waals surface area contributed by atoms with Gasteiger partial charge in [0.2, 0.25) is 0 Å². The summed E-state index contributed by atoms with van der Waals surface area (Å²) in [7, 11) is 1.64. The van der Waals surface area contributed by atoms with Crippen LogP contribution in [0.5, 0.6) is 0 Å². The number of rotatable bonds is 12. The molecule has 0 amide bonds. The lowest BCUT2D eigenvalue weighted by Gasteiger charge is -2.01. The lowest BCUT2D eigenvalue weighted by Crippen LogP contribution is -2.02. The number of carbonyl (C=O) groups is 1. The average molecular weight is 228 g/mol. The quantitative estimate of drug-likeness (QED) is 0.470. The first-order valence-electron chi connectivity index (χ1n) is 6.82. The molecular weight excluding hydrogens is 200 g/mol. The van der Waals surface area contributed by atoms with Crippen molar-refractivity contribution in [1.29, 1.82) is 0 Å². The molecule has 0 aliphatic rings. The molecule has 0 radical (unpaired) electrons. The third-order valence-corrected chi connectivity index (χ3v) is 2.89. The number of hydrogen-bond donors (Lipinski definition) is 0. The topological polar surface area (TPSA) is 26.3 Å². The first-order valence-corrected chi connectivity index (χ1v) is 6.82. The van der Waals surface area contributed by atoms with Crippen LogP contribution in [0.2, 0.25) is 0 Å². The van der Waals surface area contributed by atoms with E-state index in [1.807, 2.05) is 0 Å². The summed E-state index contributed by atoms with van der Waals surface area (Å²) >= 11 is 0. The van der Waals surface area contributed by atoms with E-state index in [1.54, 1.807) is 7.11 Å². The summed E-state index contributed by atoms with van der Waals surface area (Å²) in [6.07, 6.45) is 11.7. The summed E-state index contributed by atoms with van der Waals surface area (Å²) in [5, 5.41) is 0. The smallest absolute Gasteiger partial charge is 0.135 e. The molecule has 16 heavy (non-hydrogen) atoms. The fourth-order valence-electron chi connectivity index (χ4n) is 1.80. The summed E-state index contributed by atoms with van der Waals surface area (Å²) in [4.78, 5) is 11.3. The second-order valence-corrected chi connectivity index (χ2v) is 4.51. The summed E-state index contributed by atoms with van der Waals surface area (Å²) in [6, 6.07) is 0. The van der Waals surface area contributed by atoms with Gasteiger partial charge in [-0.15, -0.1) is 0 Å². The maximum atomic E-state index is 11.3. The summed E-state index contributed by atoms with van der Waals surface area (Å²) in [5.74, 6) is 0.354. The van der Waals surface area contributed by atoms with Crippen LogP contribution in [0.1, 0.15) is 71.1 Å². The molecule has 2 nitrogen and oxygen atoms in total. The predicted octanol–water partition coefficient (Wildman–Crippen LogP) is 4.12. The number of Topliss-reactive ketones (excluding diaryl/α,β-unsaturated/α-hetero) is 1. The van der Waals surface area contributed by atoms with Crippen LogP contribution < -0.4 is 0 Å². The highest BCUT2D eigenvalue weighted by Crippen LogP contribution is 2.10. The SMILES string of the molecule is CCCCCCCCCCC(=O)CCOC. The van der Waals surface area contributed by atoms with Crippen LogP contribution in [-0.2, 0) is 9.53 Å². The molecule has 0 bridgehead atoms. The van der Waals surface area contributed by atoms with Gasteiger partial charge in [0, 0.05) is 20.0 Å². The number of hydrogen-bond acceptors (Lipinski definition) is 2. The molecule has 0 aliphatic heterocycles. The van der Waals surface area contributed by atoms with E-state index < -0.39 is 0 Å². The molecular formula is C14H28O2. The monoisotopic (exact) mass is 228 g/mol. The Morgan fingerprint density at radius 1 is 0.875 bits per heavy atom. The van der Waals surface area contributed by atoms with Crippen molar-refractivity contribution in [2.75, 3.05) is 13.7 Å². The van der Waals surface area contributed by atoms with Crippen LogP contribution >= 0.6 is 0 Å². The Balaban J connectivity index is 3.05. The van der Waals surface area contributed by atoms with Crippen molar-refractivity contribution in [3.05, 3.63) is 0 Å². The summed E-state index contributed by atoms with van der Waals surface area (Å²) in [5.41, 5.74) is 0. The van der Waals surface area contributed by atoms with Crippen molar-refractivity contribution in [2.24, 2.45) is 0 Å². The van der Waals surface area contributed by atoms with Gasteiger partial charge in [-0.25, -0.2) is 0 Å². The molecule has 0 rings (SSSR count). The minimum absolute atomic E-state index is 0.354. The zero-order chi connectivity index (χ0) is 12.1. The number of ketones is 1. The largest absolute Gasteiger partial charge is 0.384 e. The predicted molar refractivity (Wildman–Crippen MR) is 68.7 cm³/mol. The Morgan fingerprint density at radius 3 is 2.00 bits per heavy atom. The third-order valence-electron chi connectivity index (χ3n) is 2.89. The second kappa shape index (κ2) is 12.7. The van der Waals surface area contributed by atoms with Gasteiger partial charge in [0.05, 0.1) is 6.61 Å². The van der Waals surface area contributed by atoms with E-state index in [0.29, 0.717) is 18.8 Å². The number of methoxy groups -OCH3 is 1. The number of ether oxygens (including phenoxy) is 1. The van der Waals surface area contributed by atoms with Gasteiger partial charge in [0.15, 0.2) is 0 Å². The lowest BCUT2D eigenvalue weighted by molar-refractivity contribution is -0.120. The standard InChI is InChI=1S/C14H28O2/c1-3-4-5-6-7-8-9-10-11-14(15)12-13-16-2/h3-13H2,1-2H3. The van der Waals surface area contributed by atoms with E-state index in [-0.39, 0.29) is 0 Å². The van der Waals surface area contributed by atoms with Gasteiger partial charge < -0.3 is 4.74 Å². The molecule has 0 fully saturated rings. The van der Waals surface area contributed by atoms with Crippen LogP contribution in [0.25, 0.3) is 0 Å². The van der Waals surface area contributed by atoms with Crippen molar-refractivity contribution in [2.45, 2.75) is 71.1 Å². The summed E-state index contributed by atoms with van der Waals surface area (Å²) < 4.78 is 4.87. The van der Waals surface area contributed by atoms with Crippen LogP contribution in [0, 0.1) is 0 Å². The average Bonchev–Trinajstić information content (AvgIpc) is 2.30. The molecule has 0 spiro atoms. The van der Waals surface area contributed by atoms with Gasteiger partial charge in [-0.2, -0.15) is 0 Å². The molecule has 96 valence electrons. The first-order chi connectivity index (χ1) is 7.81. The highest BCUT2D eigenvalue weighted by Gasteiger charge is 2.00. The zero-order valence-corrected chi connectivity index (χ0v) is 11.1. The molecule has 0 aromatic rings. The fraction of sp³-hybridized carbons (Fsp3) is 0.929. The van der Waals surface area contributed by atoms with Crippen molar-refractivity contribution >= 4 is 5.78 Å². The van der Waals surface area contributed by atoms with Crippen LogP contribution in [0.3, 0.4) is 0 Å². The van der Waals surface area contributed by atoms with E-state index >= 15 is 0 Å². The Labute approximate surface area is 101 Å². The Morgan fingerprint density at radius 2 is 1.44 bits per heavy atom. The Hall–Kier alpha value is -0.370. The van der Waals surface area contributed by atoms with E-state index in [4.69, 9.17) is 4.74 Å². The molecule has 0 N–H and O–H groups in total. The summed E-state index contributed by atoms with van der Waals surface area (Å²) in [6.45, 7) is 2.82. The van der Waals surface area contributed by atoms with Crippen molar-refractivity contribution < 1.29 is 9.53 Å². The molecule has 0 saturated heterocycles. The zero-order valence-electron chi connectivity index (χ0n) is 11.1. The molecule has 0 saturated carbocycles. The van der Waals surface area contributed by atoms with Gasteiger partial charge in [-0.1, -0.05) is 51.9 Å². The second-order valence-electron chi connectivity index (χ2n) is 4.51.